The van der Waals surface area contributed by atoms with Crippen LogP contribution in [-0.2, 0) is 5.41 Å². The maximum absolute atomic E-state index is 4.81. The van der Waals surface area contributed by atoms with Crippen molar-refractivity contribution in [1.82, 2.24) is 9.97 Å². The Balaban J connectivity index is 2.55. The molecular formula is C16H23N3S. The number of aromatic nitrogens is 2. The van der Waals surface area contributed by atoms with E-state index in [9.17, 15) is 0 Å². The first kappa shape index (κ1) is 15.0. The highest BCUT2D eigenvalue weighted by molar-refractivity contribution is 7.13. The maximum atomic E-state index is 4.81. The quantitative estimate of drug-likeness (QED) is 0.891. The van der Waals surface area contributed by atoms with Gasteiger partial charge in [0.1, 0.15) is 11.6 Å². The number of rotatable bonds is 4. The van der Waals surface area contributed by atoms with Gasteiger partial charge in [0.2, 0.25) is 0 Å². The van der Waals surface area contributed by atoms with Crippen LogP contribution in [0.1, 0.15) is 45.5 Å². The summed E-state index contributed by atoms with van der Waals surface area (Å²) in [5.74, 6) is 1.86. The first-order valence-corrected chi connectivity index (χ1v) is 7.98. The van der Waals surface area contributed by atoms with Gasteiger partial charge in [0.05, 0.1) is 10.6 Å². The Hall–Kier alpha value is -1.42. The van der Waals surface area contributed by atoms with E-state index in [1.807, 2.05) is 0 Å². The van der Waals surface area contributed by atoms with E-state index in [1.54, 1.807) is 11.3 Å². The molecule has 1 N–H and O–H groups in total. The number of hydrogen-bond acceptors (Lipinski definition) is 4. The molecule has 4 heteroatoms. The molecule has 20 heavy (non-hydrogen) atoms. The molecule has 3 nitrogen and oxygen atoms in total. The van der Waals surface area contributed by atoms with Crippen molar-refractivity contribution >= 4 is 17.2 Å². The fourth-order valence-corrected chi connectivity index (χ4v) is 2.69. The zero-order valence-electron chi connectivity index (χ0n) is 12.9. The van der Waals surface area contributed by atoms with Crippen LogP contribution in [0.15, 0.2) is 17.5 Å². The lowest BCUT2D eigenvalue weighted by atomic mass is 9.95. The molecule has 2 rings (SSSR count). The van der Waals surface area contributed by atoms with Gasteiger partial charge in [-0.15, -0.1) is 11.3 Å². The Morgan fingerprint density at radius 3 is 2.55 bits per heavy atom. The van der Waals surface area contributed by atoms with Crippen molar-refractivity contribution in [1.29, 1.82) is 0 Å². The van der Waals surface area contributed by atoms with E-state index in [0.717, 1.165) is 35.9 Å². The number of nitrogens with zero attached hydrogens (tertiary/aromatic N) is 2. The molecule has 0 saturated heterocycles. The van der Waals surface area contributed by atoms with Crippen molar-refractivity contribution < 1.29 is 0 Å². The molecule has 2 aromatic rings. The maximum Gasteiger partial charge on any atom is 0.136 e. The molecule has 2 heterocycles. The van der Waals surface area contributed by atoms with Gasteiger partial charge >= 0.3 is 0 Å². The number of thiophene rings is 1. The molecule has 0 atom stereocenters. The summed E-state index contributed by atoms with van der Waals surface area (Å²) in [7, 11) is 0. The van der Waals surface area contributed by atoms with Gasteiger partial charge in [0, 0.05) is 17.5 Å². The van der Waals surface area contributed by atoms with E-state index in [1.165, 1.54) is 4.88 Å². The van der Waals surface area contributed by atoms with E-state index < -0.39 is 0 Å². The molecule has 0 amide bonds. The minimum absolute atomic E-state index is 0.0532. The molecule has 0 aliphatic heterocycles. The summed E-state index contributed by atoms with van der Waals surface area (Å²) in [6, 6.07) is 4.19. The van der Waals surface area contributed by atoms with Crippen molar-refractivity contribution in [3.8, 4) is 10.6 Å². The van der Waals surface area contributed by atoms with Crippen LogP contribution in [0.2, 0.25) is 0 Å². The summed E-state index contributed by atoms with van der Waals surface area (Å²) in [6.45, 7) is 11.7. The SMILES string of the molecule is CCCNc1nc(C(C)(C)C)nc(-c2cccs2)c1C. The van der Waals surface area contributed by atoms with E-state index >= 15 is 0 Å². The zero-order valence-corrected chi connectivity index (χ0v) is 13.8. The summed E-state index contributed by atoms with van der Waals surface area (Å²) < 4.78 is 0. The van der Waals surface area contributed by atoms with Crippen molar-refractivity contribution in [3.63, 3.8) is 0 Å². The third-order valence-corrected chi connectivity index (χ3v) is 3.99. The lowest BCUT2D eigenvalue weighted by molar-refractivity contribution is 0.546. The normalized spacial score (nSPS) is 11.7. The molecule has 108 valence electrons. The highest BCUT2D eigenvalue weighted by Gasteiger charge is 2.21. The fourth-order valence-electron chi connectivity index (χ4n) is 1.92. The van der Waals surface area contributed by atoms with E-state index in [0.29, 0.717) is 0 Å². The Morgan fingerprint density at radius 2 is 2.00 bits per heavy atom. The van der Waals surface area contributed by atoms with E-state index in [4.69, 9.17) is 9.97 Å². The largest absolute Gasteiger partial charge is 0.370 e. The van der Waals surface area contributed by atoms with Crippen LogP contribution in [0.4, 0.5) is 5.82 Å². The highest BCUT2D eigenvalue weighted by Crippen LogP contribution is 2.31. The van der Waals surface area contributed by atoms with E-state index in [2.05, 4.69) is 57.4 Å². The van der Waals surface area contributed by atoms with Crippen LogP contribution in [-0.4, -0.2) is 16.5 Å². The smallest absolute Gasteiger partial charge is 0.136 e. The second kappa shape index (κ2) is 5.92. The van der Waals surface area contributed by atoms with Crippen LogP contribution in [0, 0.1) is 6.92 Å². The first-order valence-electron chi connectivity index (χ1n) is 7.10. The van der Waals surface area contributed by atoms with E-state index in [-0.39, 0.29) is 5.41 Å². The Bertz CT molecular complexity index is 568. The second-order valence-corrected chi connectivity index (χ2v) is 6.97. The van der Waals surface area contributed by atoms with Crippen molar-refractivity contribution in [2.75, 3.05) is 11.9 Å². The molecule has 0 spiro atoms. The predicted octanol–water partition coefficient (Wildman–Crippen LogP) is 4.63. The number of hydrogen-bond donors (Lipinski definition) is 1. The van der Waals surface area contributed by atoms with Gasteiger partial charge < -0.3 is 5.32 Å². The molecule has 2 aromatic heterocycles. The van der Waals surface area contributed by atoms with Crippen molar-refractivity contribution in [3.05, 3.63) is 28.9 Å². The van der Waals surface area contributed by atoms with Gasteiger partial charge in [-0.05, 0) is 24.8 Å². The van der Waals surface area contributed by atoms with Crippen LogP contribution in [0.5, 0.6) is 0 Å². The number of anilines is 1. The molecule has 0 saturated carbocycles. The molecule has 0 unspecified atom stereocenters. The van der Waals surface area contributed by atoms with Crippen molar-refractivity contribution in [2.45, 2.75) is 46.5 Å². The average Bonchev–Trinajstić information content (AvgIpc) is 2.90. The molecule has 0 radical (unpaired) electrons. The van der Waals surface area contributed by atoms with Crippen LogP contribution in [0.25, 0.3) is 10.6 Å². The summed E-state index contributed by atoms with van der Waals surface area (Å²) in [5, 5.41) is 5.52. The monoisotopic (exact) mass is 289 g/mol. The Labute approximate surface area is 125 Å². The second-order valence-electron chi connectivity index (χ2n) is 6.02. The molecule has 0 fully saturated rings. The van der Waals surface area contributed by atoms with Gasteiger partial charge in [-0.25, -0.2) is 9.97 Å². The molecule has 0 bridgehead atoms. The summed E-state index contributed by atoms with van der Waals surface area (Å²) >= 11 is 1.72. The fraction of sp³-hybridized carbons (Fsp3) is 0.500. The average molecular weight is 289 g/mol. The summed E-state index contributed by atoms with van der Waals surface area (Å²) in [6.07, 6.45) is 1.09. The summed E-state index contributed by atoms with van der Waals surface area (Å²) in [4.78, 5) is 10.8. The molecule has 0 aromatic carbocycles. The van der Waals surface area contributed by atoms with Gasteiger partial charge in [-0.1, -0.05) is 33.8 Å². The predicted molar refractivity (Wildman–Crippen MR) is 87.6 cm³/mol. The van der Waals surface area contributed by atoms with Gasteiger partial charge in [0.15, 0.2) is 0 Å². The molecule has 0 aliphatic rings. The van der Waals surface area contributed by atoms with Crippen LogP contribution in [0.3, 0.4) is 0 Å². The first-order chi connectivity index (χ1) is 9.43. The minimum Gasteiger partial charge on any atom is -0.370 e. The standard InChI is InChI=1S/C16H23N3S/c1-6-9-17-14-11(2)13(12-8-7-10-20-12)18-15(19-14)16(3,4)5/h7-8,10H,6,9H2,1-5H3,(H,17,18,19). The topological polar surface area (TPSA) is 37.8 Å². The Morgan fingerprint density at radius 1 is 1.25 bits per heavy atom. The van der Waals surface area contributed by atoms with Crippen LogP contribution < -0.4 is 5.32 Å². The number of nitrogens with one attached hydrogen (secondary N) is 1. The third-order valence-electron chi connectivity index (χ3n) is 3.11. The van der Waals surface area contributed by atoms with Gasteiger partial charge in [-0.3, -0.25) is 0 Å². The zero-order chi connectivity index (χ0) is 14.8. The molecule has 0 aliphatic carbocycles. The van der Waals surface area contributed by atoms with Gasteiger partial charge in [-0.2, -0.15) is 0 Å². The minimum atomic E-state index is -0.0532. The van der Waals surface area contributed by atoms with Gasteiger partial charge in [0.25, 0.3) is 0 Å². The lowest BCUT2D eigenvalue weighted by Crippen LogP contribution is -2.19. The molecular weight excluding hydrogens is 266 g/mol. The van der Waals surface area contributed by atoms with Crippen molar-refractivity contribution in [2.24, 2.45) is 0 Å². The summed E-state index contributed by atoms with van der Waals surface area (Å²) in [5.41, 5.74) is 2.13. The lowest BCUT2D eigenvalue weighted by Gasteiger charge is -2.20. The highest BCUT2D eigenvalue weighted by atomic mass is 32.1. The Kier molecular flexibility index (Phi) is 4.43. The third kappa shape index (κ3) is 3.18. The van der Waals surface area contributed by atoms with Crippen LogP contribution >= 0.6 is 11.3 Å².